The Morgan fingerprint density at radius 1 is 1.38 bits per heavy atom. The average Bonchev–Trinajstić information content (AvgIpc) is 2.48. The van der Waals surface area contributed by atoms with Crippen LogP contribution in [0.15, 0.2) is 16.8 Å². The Bertz CT molecular complexity index is 551. The Labute approximate surface area is 143 Å². The molecule has 1 rings (SSSR count). The van der Waals surface area contributed by atoms with Crippen molar-refractivity contribution in [1.29, 1.82) is 0 Å². The largest absolute Gasteiger partial charge is 0.466 e. The maximum absolute atomic E-state index is 13.1. The van der Waals surface area contributed by atoms with Gasteiger partial charge in [-0.05, 0) is 51.1 Å². The molecule has 0 amide bonds. The average molecular weight is 369 g/mol. The van der Waals surface area contributed by atoms with E-state index in [1.165, 1.54) is 0 Å². The van der Waals surface area contributed by atoms with Crippen LogP contribution in [0.1, 0.15) is 39.5 Å². The number of carbonyl (C=O) groups excluding carboxylic acids is 2. The van der Waals surface area contributed by atoms with Crippen LogP contribution in [0.2, 0.25) is 0 Å². The molecular weight excluding hydrogens is 349 g/mol. The molecule has 9 heteroatoms. The smallest absolute Gasteiger partial charge is 0.433 e. The Morgan fingerprint density at radius 2 is 1.92 bits per heavy atom. The standard InChI is InChI=1S/C15H20ClF3N2O3/c1-3-24-13(23)14(2)6-4-9(5-7-14)21-11(15(17,18)19)10(8-20)12(16)22/h8-9H,3-7,20H2,1-2H3. The Kier molecular flexibility index (Phi) is 6.83. The molecule has 0 aromatic heterocycles. The Balaban J connectivity index is 2.96. The second-order valence-electron chi connectivity index (χ2n) is 5.84. The summed E-state index contributed by atoms with van der Waals surface area (Å²) in [5.41, 5.74) is 2.10. The molecule has 0 aliphatic heterocycles. The lowest BCUT2D eigenvalue weighted by molar-refractivity contribution is -0.156. The van der Waals surface area contributed by atoms with E-state index in [2.05, 4.69) is 4.99 Å². The zero-order chi connectivity index (χ0) is 18.5. The summed E-state index contributed by atoms with van der Waals surface area (Å²) < 4.78 is 44.4. The van der Waals surface area contributed by atoms with E-state index in [1.54, 1.807) is 13.8 Å². The van der Waals surface area contributed by atoms with Gasteiger partial charge in [-0.3, -0.25) is 14.6 Å². The summed E-state index contributed by atoms with van der Waals surface area (Å²) in [4.78, 5) is 26.7. The SMILES string of the molecule is CCOC(=O)C1(C)CCC(N=C(C(=CN)C(=O)Cl)C(F)(F)F)CC1. The maximum atomic E-state index is 13.1. The molecule has 0 radical (unpaired) electrons. The third-order valence-corrected chi connectivity index (χ3v) is 4.24. The van der Waals surface area contributed by atoms with Crippen LogP contribution in [0.5, 0.6) is 0 Å². The van der Waals surface area contributed by atoms with Crippen molar-refractivity contribution in [1.82, 2.24) is 0 Å². The number of ether oxygens (including phenoxy) is 1. The summed E-state index contributed by atoms with van der Waals surface area (Å²) >= 11 is 5.15. The molecule has 0 unspecified atom stereocenters. The van der Waals surface area contributed by atoms with Crippen LogP contribution in [0.25, 0.3) is 0 Å². The van der Waals surface area contributed by atoms with Crippen molar-refractivity contribution in [2.75, 3.05) is 6.61 Å². The summed E-state index contributed by atoms with van der Waals surface area (Å²) in [7, 11) is 0. The van der Waals surface area contributed by atoms with Crippen LogP contribution in [0, 0.1) is 5.41 Å². The molecule has 0 saturated heterocycles. The van der Waals surface area contributed by atoms with E-state index in [4.69, 9.17) is 22.1 Å². The quantitative estimate of drug-likeness (QED) is 0.350. The minimum Gasteiger partial charge on any atom is -0.466 e. The Morgan fingerprint density at radius 3 is 2.29 bits per heavy atom. The molecule has 1 aliphatic rings. The van der Waals surface area contributed by atoms with Gasteiger partial charge in [0.25, 0.3) is 5.24 Å². The minimum atomic E-state index is -4.85. The van der Waals surface area contributed by atoms with Gasteiger partial charge in [-0.25, -0.2) is 0 Å². The summed E-state index contributed by atoms with van der Waals surface area (Å²) in [5.74, 6) is -0.359. The lowest BCUT2D eigenvalue weighted by Crippen LogP contribution is -2.36. The van der Waals surface area contributed by atoms with Crippen molar-refractivity contribution in [2.24, 2.45) is 16.1 Å². The van der Waals surface area contributed by atoms with Crippen molar-refractivity contribution in [3.8, 4) is 0 Å². The van der Waals surface area contributed by atoms with Gasteiger partial charge < -0.3 is 10.5 Å². The van der Waals surface area contributed by atoms with Crippen LogP contribution >= 0.6 is 11.6 Å². The van der Waals surface area contributed by atoms with Gasteiger partial charge in [0.05, 0.1) is 23.6 Å². The third kappa shape index (κ3) is 4.96. The second-order valence-corrected chi connectivity index (χ2v) is 6.19. The summed E-state index contributed by atoms with van der Waals surface area (Å²) in [6.45, 7) is 3.66. The second kappa shape index (κ2) is 8.00. The van der Waals surface area contributed by atoms with Gasteiger partial charge in [-0.2, -0.15) is 13.2 Å². The number of hydrogen-bond donors (Lipinski definition) is 1. The van der Waals surface area contributed by atoms with Gasteiger partial charge >= 0.3 is 12.1 Å². The van der Waals surface area contributed by atoms with E-state index in [1.807, 2.05) is 0 Å². The number of esters is 1. The van der Waals surface area contributed by atoms with Crippen molar-refractivity contribution >= 4 is 28.5 Å². The summed E-state index contributed by atoms with van der Waals surface area (Å²) in [6.07, 6.45) is -3.11. The molecule has 0 heterocycles. The molecule has 136 valence electrons. The highest BCUT2D eigenvalue weighted by Gasteiger charge is 2.43. The first kappa shape index (κ1) is 20.5. The van der Waals surface area contributed by atoms with Crippen molar-refractivity contribution in [3.05, 3.63) is 11.8 Å². The van der Waals surface area contributed by atoms with Crippen molar-refractivity contribution in [3.63, 3.8) is 0 Å². The van der Waals surface area contributed by atoms with Crippen LogP contribution in [-0.4, -0.2) is 35.7 Å². The first-order valence-corrected chi connectivity index (χ1v) is 7.87. The predicted molar refractivity (Wildman–Crippen MR) is 83.6 cm³/mol. The van der Waals surface area contributed by atoms with Gasteiger partial charge in [0.2, 0.25) is 0 Å². The lowest BCUT2D eigenvalue weighted by Gasteiger charge is -2.34. The Hall–Kier alpha value is -1.57. The van der Waals surface area contributed by atoms with Gasteiger partial charge in [-0.1, -0.05) is 0 Å². The number of halogens is 4. The normalized spacial score (nSPS) is 26.2. The van der Waals surface area contributed by atoms with E-state index in [9.17, 15) is 22.8 Å². The number of carbonyl (C=O) groups is 2. The monoisotopic (exact) mass is 368 g/mol. The first-order valence-electron chi connectivity index (χ1n) is 7.49. The van der Waals surface area contributed by atoms with Crippen LogP contribution in [0.4, 0.5) is 13.2 Å². The molecule has 1 fully saturated rings. The number of allylic oxidation sites excluding steroid dienone is 1. The van der Waals surface area contributed by atoms with Gasteiger partial charge in [0.15, 0.2) is 5.71 Å². The third-order valence-electron chi connectivity index (χ3n) is 4.04. The van der Waals surface area contributed by atoms with Crippen molar-refractivity contribution in [2.45, 2.75) is 51.7 Å². The van der Waals surface area contributed by atoms with Crippen LogP contribution < -0.4 is 5.73 Å². The van der Waals surface area contributed by atoms with E-state index in [0.717, 1.165) is 0 Å². The first-order chi connectivity index (χ1) is 11.0. The number of nitrogens with two attached hydrogens (primary N) is 1. The maximum Gasteiger partial charge on any atom is 0.433 e. The number of nitrogens with zero attached hydrogens (tertiary/aromatic N) is 1. The number of rotatable bonds is 5. The van der Waals surface area contributed by atoms with Gasteiger partial charge in [0, 0.05) is 6.20 Å². The van der Waals surface area contributed by atoms with Crippen LogP contribution in [0.3, 0.4) is 0 Å². The predicted octanol–water partition coefficient (Wildman–Crippen LogP) is 3.11. The van der Waals surface area contributed by atoms with E-state index in [-0.39, 0.29) is 25.4 Å². The molecule has 0 spiro atoms. The molecule has 0 aromatic rings. The van der Waals surface area contributed by atoms with E-state index < -0.39 is 34.2 Å². The number of hydrogen-bond acceptors (Lipinski definition) is 5. The van der Waals surface area contributed by atoms with Gasteiger partial charge in [0.1, 0.15) is 0 Å². The summed E-state index contributed by atoms with van der Waals surface area (Å²) in [5, 5.41) is -1.32. The number of alkyl halides is 3. The summed E-state index contributed by atoms with van der Waals surface area (Å²) in [6, 6.07) is -0.671. The topological polar surface area (TPSA) is 81.8 Å². The molecule has 24 heavy (non-hydrogen) atoms. The molecule has 2 N–H and O–H groups in total. The lowest BCUT2D eigenvalue weighted by atomic mass is 9.74. The molecule has 5 nitrogen and oxygen atoms in total. The fraction of sp³-hybridized carbons (Fsp3) is 0.667. The molecular formula is C15H20ClF3N2O3. The zero-order valence-corrected chi connectivity index (χ0v) is 14.2. The molecule has 1 aliphatic carbocycles. The highest BCUT2D eigenvalue weighted by molar-refractivity contribution is 6.71. The molecule has 0 aromatic carbocycles. The van der Waals surface area contributed by atoms with E-state index >= 15 is 0 Å². The fourth-order valence-electron chi connectivity index (χ4n) is 2.59. The molecule has 1 saturated carbocycles. The molecule has 0 bridgehead atoms. The zero-order valence-electron chi connectivity index (χ0n) is 13.5. The number of aliphatic imine (C=N–C) groups is 1. The van der Waals surface area contributed by atoms with Crippen molar-refractivity contribution < 1.29 is 27.5 Å². The van der Waals surface area contributed by atoms with Gasteiger partial charge in [-0.15, -0.1) is 0 Å². The fourth-order valence-corrected chi connectivity index (χ4v) is 2.75. The highest BCUT2D eigenvalue weighted by Crippen LogP contribution is 2.39. The molecule has 0 atom stereocenters. The highest BCUT2D eigenvalue weighted by atomic mass is 35.5. The van der Waals surface area contributed by atoms with Crippen LogP contribution in [-0.2, 0) is 14.3 Å². The minimum absolute atomic E-state index is 0.247. The van der Waals surface area contributed by atoms with E-state index in [0.29, 0.717) is 19.0 Å².